The molecule has 3 heterocycles. The quantitative estimate of drug-likeness (QED) is 0.370. The first-order valence-electron chi connectivity index (χ1n) is 11.0. The van der Waals surface area contributed by atoms with Gasteiger partial charge in [0.25, 0.3) is 11.8 Å². The minimum absolute atomic E-state index is 0.134. The number of methoxy groups -OCH3 is 1. The van der Waals surface area contributed by atoms with Gasteiger partial charge >= 0.3 is 5.97 Å². The Labute approximate surface area is 206 Å². The van der Waals surface area contributed by atoms with E-state index >= 15 is 0 Å². The molecule has 0 radical (unpaired) electrons. The second kappa shape index (κ2) is 10.3. The number of amides is 2. The SMILES string of the molecule is CCN(C)C(=O)c1cnn(C)c1C(=O)Nc1ccn2cc(-c3cccc(OCC(=O)OC)c3)nc2n1. The largest absolute Gasteiger partial charge is 0.482 e. The molecule has 4 rings (SSSR count). The predicted molar refractivity (Wildman–Crippen MR) is 130 cm³/mol. The summed E-state index contributed by atoms with van der Waals surface area (Å²) in [6.45, 7) is 2.14. The highest BCUT2D eigenvalue weighted by Gasteiger charge is 2.24. The van der Waals surface area contributed by atoms with Gasteiger partial charge in [0.2, 0.25) is 5.78 Å². The van der Waals surface area contributed by atoms with Crippen molar-refractivity contribution < 1.29 is 23.9 Å². The third-order valence-corrected chi connectivity index (χ3v) is 5.49. The topological polar surface area (TPSA) is 133 Å². The summed E-state index contributed by atoms with van der Waals surface area (Å²) < 4.78 is 13.1. The molecule has 0 atom stereocenters. The lowest BCUT2D eigenvalue weighted by atomic mass is 10.1. The number of hydrogen-bond donors (Lipinski definition) is 1. The summed E-state index contributed by atoms with van der Waals surface area (Å²) in [7, 11) is 4.55. The molecule has 0 bridgehead atoms. The zero-order valence-electron chi connectivity index (χ0n) is 20.3. The minimum Gasteiger partial charge on any atom is -0.482 e. The molecule has 0 aliphatic rings. The average Bonchev–Trinajstić information content (AvgIpc) is 3.49. The molecule has 0 saturated heterocycles. The predicted octanol–water partition coefficient (Wildman–Crippen LogP) is 2.03. The lowest BCUT2D eigenvalue weighted by Crippen LogP contribution is -2.29. The highest BCUT2D eigenvalue weighted by atomic mass is 16.6. The maximum absolute atomic E-state index is 13.0. The van der Waals surface area contributed by atoms with E-state index in [2.05, 4.69) is 25.1 Å². The molecule has 0 aliphatic heterocycles. The molecular weight excluding hydrogens is 466 g/mol. The maximum Gasteiger partial charge on any atom is 0.343 e. The van der Waals surface area contributed by atoms with Crippen LogP contribution in [-0.2, 0) is 16.6 Å². The fourth-order valence-corrected chi connectivity index (χ4v) is 3.42. The summed E-state index contributed by atoms with van der Waals surface area (Å²) >= 11 is 0. The molecule has 186 valence electrons. The van der Waals surface area contributed by atoms with E-state index in [1.807, 2.05) is 13.0 Å². The van der Waals surface area contributed by atoms with Gasteiger partial charge in [0.05, 0.1) is 24.6 Å². The highest BCUT2D eigenvalue weighted by molar-refractivity contribution is 6.10. The van der Waals surface area contributed by atoms with Crippen LogP contribution in [0, 0.1) is 0 Å². The maximum atomic E-state index is 13.0. The van der Waals surface area contributed by atoms with Crippen molar-refractivity contribution in [2.75, 3.05) is 32.6 Å². The monoisotopic (exact) mass is 491 g/mol. The number of aryl methyl sites for hydroxylation is 1. The summed E-state index contributed by atoms with van der Waals surface area (Å²) in [6.07, 6.45) is 4.88. The molecule has 0 spiro atoms. The number of carbonyl (C=O) groups excluding carboxylic acids is 3. The lowest BCUT2D eigenvalue weighted by Gasteiger charge is -2.14. The Hall–Kier alpha value is -4.74. The van der Waals surface area contributed by atoms with E-state index in [0.29, 0.717) is 23.8 Å². The first kappa shape index (κ1) is 24.4. The molecule has 0 unspecified atom stereocenters. The van der Waals surface area contributed by atoms with Gasteiger partial charge < -0.3 is 19.7 Å². The van der Waals surface area contributed by atoms with Gasteiger partial charge in [-0.1, -0.05) is 12.1 Å². The molecule has 4 aromatic rings. The number of anilines is 1. The number of benzene rings is 1. The van der Waals surface area contributed by atoms with Crippen LogP contribution in [0.2, 0.25) is 0 Å². The van der Waals surface area contributed by atoms with Crippen LogP contribution in [0.4, 0.5) is 5.82 Å². The second-order valence-corrected chi connectivity index (χ2v) is 7.84. The van der Waals surface area contributed by atoms with Crippen molar-refractivity contribution in [1.82, 2.24) is 29.0 Å². The Morgan fingerprint density at radius 3 is 2.72 bits per heavy atom. The standard InChI is InChI=1S/C24H25N7O5/c1-5-29(2)23(34)17-12-25-30(3)21(17)22(33)27-19-9-10-31-13-18(26-24(31)28-19)15-7-6-8-16(11-15)36-14-20(32)35-4/h6-13H,5,14H2,1-4H3,(H,26,27,28,33). The van der Waals surface area contributed by atoms with Crippen molar-refractivity contribution in [2.24, 2.45) is 7.05 Å². The normalized spacial score (nSPS) is 10.8. The van der Waals surface area contributed by atoms with E-state index in [9.17, 15) is 14.4 Å². The first-order valence-corrected chi connectivity index (χ1v) is 11.0. The minimum atomic E-state index is -0.512. The molecule has 0 saturated carbocycles. The number of imidazole rings is 1. The molecule has 12 heteroatoms. The molecule has 2 amide bonds. The number of fused-ring (bicyclic) bond motifs is 1. The number of nitrogens with zero attached hydrogens (tertiary/aromatic N) is 6. The van der Waals surface area contributed by atoms with Gasteiger partial charge in [-0.25, -0.2) is 9.78 Å². The van der Waals surface area contributed by atoms with Crippen LogP contribution < -0.4 is 10.1 Å². The van der Waals surface area contributed by atoms with Crippen LogP contribution in [0.25, 0.3) is 17.0 Å². The van der Waals surface area contributed by atoms with Crippen molar-refractivity contribution in [3.05, 3.63) is 60.2 Å². The third-order valence-electron chi connectivity index (χ3n) is 5.49. The smallest absolute Gasteiger partial charge is 0.343 e. The molecule has 36 heavy (non-hydrogen) atoms. The van der Waals surface area contributed by atoms with Gasteiger partial charge in [-0.2, -0.15) is 10.1 Å². The van der Waals surface area contributed by atoms with Crippen LogP contribution in [0.5, 0.6) is 5.75 Å². The Kier molecular flexibility index (Phi) is 6.95. The number of aromatic nitrogens is 5. The summed E-state index contributed by atoms with van der Waals surface area (Å²) in [5, 5.41) is 6.80. The van der Waals surface area contributed by atoms with Crippen molar-refractivity contribution in [1.29, 1.82) is 0 Å². The second-order valence-electron chi connectivity index (χ2n) is 7.84. The van der Waals surface area contributed by atoms with E-state index in [1.54, 1.807) is 55.2 Å². The molecule has 12 nitrogen and oxygen atoms in total. The van der Waals surface area contributed by atoms with Crippen LogP contribution in [0.15, 0.2) is 48.9 Å². The Morgan fingerprint density at radius 1 is 1.17 bits per heavy atom. The van der Waals surface area contributed by atoms with E-state index in [4.69, 9.17) is 4.74 Å². The fourth-order valence-electron chi connectivity index (χ4n) is 3.42. The summed E-state index contributed by atoms with van der Waals surface area (Å²) in [6, 6.07) is 8.74. The number of nitrogens with one attached hydrogen (secondary N) is 1. The van der Waals surface area contributed by atoms with Gasteiger partial charge in [0, 0.05) is 38.6 Å². The van der Waals surface area contributed by atoms with Crippen LogP contribution in [0.3, 0.4) is 0 Å². The summed E-state index contributed by atoms with van der Waals surface area (Å²) in [4.78, 5) is 47.4. The van der Waals surface area contributed by atoms with Crippen LogP contribution >= 0.6 is 0 Å². The van der Waals surface area contributed by atoms with Gasteiger partial charge in [-0.05, 0) is 25.1 Å². The Balaban J connectivity index is 1.55. The highest BCUT2D eigenvalue weighted by Crippen LogP contribution is 2.24. The molecule has 0 fully saturated rings. The van der Waals surface area contributed by atoms with Gasteiger partial charge in [-0.3, -0.25) is 18.7 Å². The van der Waals surface area contributed by atoms with Gasteiger partial charge in [0.15, 0.2) is 6.61 Å². The van der Waals surface area contributed by atoms with Crippen LogP contribution in [0.1, 0.15) is 27.8 Å². The first-order chi connectivity index (χ1) is 17.3. The number of esters is 1. The third kappa shape index (κ3) is 5.02. The van der Waals surface area contributed by atoms with E-state index in [-0.39, 0.29) is 29.6 Å². The number of hydrogen-bond acceptors (Lipinski definition) is 8. The zero-order valence-corrected chi connectivity index (χ0v) is 20.3. The van der Waals surface area contributed by atoms with Crippen molar-refractivity contribution in [2.45, 2.75) is 6.92 Å². The molecule has 0 aliphatic carbocycles. The van der Waals surface area contributed by atoms with E-state index < -0.39 is 11.9 Å². The summed E-state index contributed by atoms with van der Waals surface area (Å²) in [5.74, 6) is -0.172. The van der Waals surface area contributed by atoms with Gasteiger partial charge in [0.1, 0.15) is 17.3 Å². The lowest BCUT2D eigenvalue weighted by molar-refractivity contribution is -0.142. The Morgan fingerprint density at radius 2 is 1.97 bits per heavy atom. The molecule has 1 aromatic carbocycles. The number of carbonyl (C=O) groups is 3. The molecule has 3 aromatic heterocycles. The number of rotatable bonds is 8. The Bertz CT molecular complexity index is 1440. The van der Waals surface area contributed by atoms with Crippen molar-refractivity contribution in [3.63, 3.8) is 0 Å². The van der Waals surface area contributed by atoms with Crippen molar-refractivity contribution >= 4 is 29.4 Å². The van der Waals surface area contributed by atoms with Crippen LogP contribution in [-0.4, -0.2) is 74.1 Å². The molecular formula is C24H25N7O5. The fraction of sp³-hybridized carbons (Fsp3) is 0.250. The summed E-state index contributed by atoms with van der Waals surface area (Å²) in [5.41, 5.74) is 1.72. The number of ether oxygens (including phenoxy) is 2. The van der Waals surface area contributed by atoms with Crippen molar-refractivity contribution in [3.8, 4) is 17.0 Å². The van der Waals surface area contributed by atoms with E-state index in [0.717, 1.165) is 5.56 Å². The van der Waals surface area contributed by atoms with Gasteiger partial charge in [-0.15, -0.1) is 0 Å². The molecule has 1 N–H and O–H groups in total. The van der Waals surface area contributed by atoms with E-state index in [1.165, 1.54) is 22.9 Å². The zero-order chi connectivity index (χ0) is 25.8. The average molecular weight is 492 g/mol.